The number of nitrogens with one attached hydrogen (secondary N) is 2. The molecule has 5 heteroatoms. The van der Waals surface area contributed by atoms with E-state index in [0.29, 0.717) is 0 Å². The Kier molecular flexibility index (Phi) is 5.00. The van der Waals surface area contributed by atoms with Crippen LogP contribution in [0.5, 0.6) is 0 Å². The Morgan fingerprint density at radius 2 is 2.06 bits per heavy atom. The van der Waals surface area contributed by atoms with Crippen LogP contribution < -0.4 is 5.32 Å². The van der Waals surface area contributed by atoms with Crippen molar-refractivity contribution in [3.05, 3.63) is 36.0 Å². The van der Waals surface area contributed by atoms with Crippen LogP contribution in [-0.4, -0.2) is 23.3 Å². The van der Waals surface area contributed by atoms with Crippen molar-refractivity contribution in [2.45, 2.75) is 6.42 Å². The lowest BCUT2D eigenvalue weighted by Crippen LogP contribution is -2.19. The van der Waals surface area contributed by atoms with Crippen LogP contribution in [0.2, 0.25) is 0 Å². The first-order valence-electron chi connectivity index (χ1n) is 5.27. The predicted molar refractivity (Wildman–Crippen MR) is 76.1 cm³/mol. The molecule has 17 heavy (non-hydrogen) atoms. The van der Waals surface area contributed by atoms with Gasteiger partial charge in [-0.1, -0.05) is 18.2 Å². The van der Waals surface area contributed by atoms with Crippen molar-refractivity contribution >= 4 is 41.3 Å². The maximum absolute atomic E-state index is 4.03. The van der Waals surface area contributed by atoms with Gasteiger partial charge < -0.3 is 5.32 Å². The molecule has 0 saturated carbocycles. The minimum atomic E-state index is 0. The number of nitrogens with zero attached hydrogens (tertiary/aromatic N) is 1. The van der Waals surface area contributed by atoms with Gasteiger partial charge in [0, 0.05) is 11.9 Å². The number of H-pyrrole nitrogens is 1. The average Bonchev–Trinajstić information content (AvgIpc) is 2.77. The van der Waals surface area contributed by atoms with Crippen LogP contribution in [0.3, 0.4) is 0 Å². The topological polar surface area (TPSA) is 40.7 Å². The third kappa shape index (κ3) is 2.80. The minimum absolute atomic E-state index is 0. The van der Waals surface area contributed by atoms with Crippen LogP contribution in [0.15, 0.2) is 30.5 Å². The summed E-state index contributed by atoms with van der Waals surface area (Å²) in [6.45, 7) is 2.06. The molecule has 0 unspecified atom stereocenters. The molecule has 3 rings (SSSR count). The number of hydrogen-bond donors (Lipinski definition) is 2. The van der Waals surface area contributed by atoms with E-state index in [2.05, 4.69) is 39.8 Å². The summed E-state index contributed by atoms with van der Waals surface area (Å²) in [4.78, 5) is 0. The van der Waals surface area contributed by atoms with E-state index < -0.39 is 0 Å². The van der Waals surface area contributed by atoms with Crippen LogP contribution in [-0.2, 0) is 0 Å². The highest BCUT2D eigenvalue weighted by Gasteiger charge is 2.06. The first-order valence-corrected chi connectivity index (χ1v) is 5.27. The Morgan fingerprint density at radius 1 is 1.18 bits per heavy atom. The van der Waals surface area contributed by atoms with Crippen LogP contribution in [0.25, 0.3) is 16.5 Å². The molecule has 1 aromatic carbocycles. The maximum atomic E-state index is 4.03. The third-order valence-electron chi connectivity index (χ3n) is 2.88. The van der Waals surface area contributed by atoms with Crippen LogP contribution >= 0.6 is 24.8 Å². The summed E-state index contributed by atoms with van der Waals surface area (Å²) >= 11 is 0. The van der Waals surface area contributed by atoms with Crippen molar-refractivity contribution in [1.82, 2.24) is 15.5 Å². The van der Waals surface area contributed by atoms with E-state index in [1.54, 1.807) is 0 Å². The number of fused-ring (bicyclic) bond motifs is 1. The summed E-state index contributed by atoms with van der Waals surface area (Å²) in [7, 11) is 0. The number of benzene rings is 1. The van der Waals surface area contributed by atoms with Gasteiger partial charge in [0.25, 0.3) is 0 Å². The van der Waals surface area contributed by atoms with Gasteiger partial charge in [-0.15, -0.1) is 24.8 Å². The van der Waals surface area contributed by atoms with Crippen molar-refractivity contribution in [3.63, 3.8) is 0 Å². The summed E-state index contributed by atoms with van der Waals surface area (Å²) < 4.78 is 0. The van der Waals surface area contributed by atoms with Crippen molar-refractivity contribution in [2.24, 2.45) is 0 Å². The molecule has 0 spiro atoms. The Hall–Kier alpha value is -1.03. The highest BCUT2D eigenvalue weighted by Crippen LogP contribution is 2.22. The van der Waals surface area contributed by atoms with Gasteiger partial charge in [0.15, 0.2) is 0 Å². The lowest BCUT2D eigenvalue weighted by atomic mass is 9.99. The molecule has 1 aliphatic heterocycles. The molecule has 1 aromatic heterocycles. The van der Waals surface area contributed by atoms with Gasteiger partial charge in [0.1, 0.15) is 0 Å². The lowest BCUT2D eigenvalue weighted by Gasteiger charge is -2.14. The standard InChI is InChI=1S/C12H13N3.2ClH/c1-2-11-8-14-15-12(11)7-10(1)9-3-5-13-6-4-9;;/h1-3,7-8,13H,4-6H2,(H,14,15);2*1H. The van der Waals surface area contributed by atoms with Gasteiger partial charge in [-0.25, -0.2) is 0 Å². The first kappa shape index (κ1) is 14.0. The fourth-order valence-corrected chi connectivity index (χ4v) is 2.02. The van der Waals surface area contributed by atoms with Crippen LogP contribution in [0.1, 0.15) is 12.0 Å². The number of aromatic amines is 1. The van der Waals surface area contributed by atoms with E-state index in [1.807, 2.05) is 6.20 Å². The summed E-state index contributed by atoms with van der Waals surface area (Å²) in [5.41, 5.74) is 3.87. The fraction of sp³-hybridized carbons (Fsp3) is 0.250. The second-order valence-corrected chi connectivity index (χ2v) is 3.86. The predicted octanol–water partition coefficient (Wildman–Crippen LogP) is 2.78. The zero-order valence-electron chi connectivity index (χ0n) is 9.27. The molecular formula is C12H15Cl2N3. The number of aromatic nitrogens is 2. The summed E-state index contributed by atoms with van der Waals surface area (Å²) in [5.74, 6) is 0. The molecule has 0 radical (unpaired) electrons. The quantitative estimate of drug-likeness (QED) is 0.838. The summed E-state index contributed by atoms with van der Waals surface area (Å²) in [6.07, 6.45) is 5.23. The monoisotopic (exact) mass is 271 g/mol. The SMILES string of the molecule is C1=C(c2ccc3cn[nH]c3c2)CCNC1.Cl.Cl. The normalized spacial score (nSPS) is 14.7. The van der Waals surface area contributed by atoms with Crippen molar-refractivity contribution in [2.75, 3.05) is 13.1 Å². The number of halogens is 2. The summed E-state index contributed by atoms with van der Waals surface area (Å²) in [6, 6.07) is 6.48. The van der Waals surface area contributed by atoms with E-state index in [9.17, 15) is 0 Å². The highest BCUT2D eigenvalue weighted by atomic mass is 35.5. The Labute approximate surface area is 112 Å². The van der Waals surface area contributed by atoms with E-state index in [-0.39, 0.29) is 24.8 Å². The zero-order chi connectivity index (χ0) is 10.1. The van der Waals surface area contributed by atoms with Crippen molar-refractivity contribution in [1.29, 1.82) is 0 Å². The molecule has 2 aromatic rings. The third-order valence-corrected chi connectivity index (χ3v) is 2.88. The van der Waals surface area contributed by atoms with Crippen LogP contribution in [0, 0.1) is 0 Å². The van der Waals surface area contributed by atoms with E-state index in [1.165, 1.54) is 16.5 Å². The molecule has 0 atom stereocenters. The molecule has 0 aliphatic carbocycles. The van der Waals surface area contributed by atoms with E-state index in [0.717, 1.165) is 25.0 Å². The van der Waals surface area contributed by atoms with Gasteiger partial charge in [-0.05, 0) is 30.2 Å². The van der Waals surface area contributed by atoms with Gasteiger partial charge >= 0.3 is 0 Å². The van der Waals surface area contributed by atoms with Crippen LogP contribution in [0.4, 0.5) is 0 Å². The molecule has 2 N–H and O–H groups in total. The van der Waals surface area contributed by atoms with E-state index >= 15 is 0 Å². The maximum Gasteiger partial charge on any atom is 0.0656 e. The largest absolute Gasteiger partial charge is 0.313 e. The first-order chi connectivity index (χ1) is 7.43. The Morgan fingerprint density at radius 3 is 2.82 bits per heavy atom. The highest BCUT2D eigenvalue weighted by molar-refractivity contribution is 5.85. The smallest absolute Gasteiger partial charge is 0.0656 e. The summed E-state index contributed by atoms with van der Waals surface area (Å²) in [5, 5.41) is 11.5. The Balaban J connectivity index is 0.000000722. The lowest BCUT2D eigenvalue weighted by molar-refractivity contribution is 0.738. The minimum Gasteiger partial charge on any atom is -0.313 e. The molecule has 0 fully saturated rings. The van der Waals surface area contributed by atoms with E-state index in [4.69, 9.17) is 0 Å². The average molecular weight is 272 g/mol. The zero-order valence-corrected chi connectivity index (χ0v) is 10.9. The van der Waals surface area contributed by atoms with Gasteiger partial charge in [0.2, 0.25) is 0 Å². The molecule has 92 valence electrons. The van der Waals surface area contributed by atoms with Gasteiger partial charge in [-0.3, -0.25) is 5.10 Å². The molecule has 0 saturated heterocycles. The molecule has 0 bridgehead atoms. The molecule has 3 nitrogen and oxygen atoms in total. The molecule has 2 heterocycles. The van der Waals surface area contributed by atoms with Crippen molar-refractivity contribution in [3.8, 4) is 0 Å². The van der Waals surface area contributed by atoms with Crippen molar-refractivity contribution < 1.29 is 0 Å². The Bertz CT molecular complexity index is 519. The molecular weight excluding hydrogens is 257 g/mol. The second kappa shape index (κ2) is 6.05. The molecule has 1 aliphatic rings. The molecule has 0 amide bonds. The van der Waals surface area contributed by atoms with Gasteiger partial charge in [0.05, 0.1) is 11.7 Å². The number of rotatable bonds is 1. The number of hydrogen-bond acceptors (Lipinski definition) is 2. The second-order valence-electron chi connectivity index (χ2n) is 3.86. The van der Waals surface area contributed by atoms with Gasteiger partial charge in [-0.2, -0.15) is 5.10 Å². The fourth-order valence-electron chi connectivity index (χ4n) is 2.02.